The van der Waals surface area contributed by atoms with Crippen molar-refractivity contribution < 1.29 is 4.39 Å². The van der Waals surface area contributed by atoms with Gasteiger partial charge in [0.1, 0.15) is 11.6 Å². The third-order valence-corrected chi connectivity index (χ3v) is 2.78. The molecule has 0 aliphatic rings. The van der Waals surface area contributed by atoms with E-state index >= 15 is 0 Å². The topological polar surface area (TPSA) is 28.7 Å². The Balaban J connectivity index is 1.97. The van der Waals surface area contributed by atoms with Crippen LogP contribution in [0.25, 0.3) is 22.6 Å². The molecule has 3 heteroatoms. The van der Waals surface area contributed by atoms with E-state index in [1.807, 2.05) is 30.3 Å². The van der Waals surface area contributed by atoms with Gasteiger partial charge in [-0.2, -0.15) is 0 Å². The van der Waals surface area contributed by atoms with Crippen molar-refractivity contribution >= 4 is 0 Å². The van der Waals surface area contributed by atoms with Gasteiger partial charge in [0.15, 0.2) is 0 Å². The summed E-state index contributed by atoms with van der Waals surface area (Å²) in [5.74, 6) is 0.580. The van der Waals surface area contributed by atoms with Crippen molar-refractivity contribution in [2.45, 2.75) is 0 Å². The fourth-order valence-corrected chi connectivity index (χ4v) is 1.84. The number of benzene rings is 2. The van der Waals surface area contributed by atoms with Crippen LogP contribution in [0.3, 0.4) is 0 Å². The Bertz CT molecular complexity index is 642. The van der Waals surface area contributed by atoms with Crippen LogP contribution in [0.2, 0.25) is 0 Å². The van der Waals surface area contributed by atoms with Crippen molar-refractivity contribution in [3.63, 3.8) is 0 Å². The predicted molar refractivity (Wildman–Crippen MR) is 69.4 cm³/mol. The van der Waals surface area contributed by atoms with E-state index in [0.717, 1.165) is 22.6 Å². The van der Waals surface area contributed by atoms with Crippen molar-refractivity contribution in [1.29, 1.82) is 0 Å². The summed E-state index contributed by atoms with van der Waals surface area (Å²) in [5, 5.41) is 0. The van der Waals surface area contributed by atoms with E-state index in [2.05, 4.69) is 9.97 Å². The molecule has 0 fully saturated rings. The zero-order valence-corrected chi connectivity index (χ0v) is 9.60. The number of halogens is 1. The molecule has 1 aromatic heterocycles. The first-order valence-electron chi connectivity index (χ1n) is 5.69. The Morgan fingerprint density at radius 1 is 0.833 bits per heavy atom. The summed E-state index contributed by atoms with van der Waals surface area (Å²) in [4.78, 5) is 7.57. The van der Waals surface area contributed by atoms with Gasteiger partial charge < -0.3 is 4.98 Å². The third-order valence-electron chi connectivity index (χ3n) is 2.78. The number of hydrogen-bond acceptors (Lipinski definition) is 1. The average Bonchev–Trinajstić information content (AvgIpc) is 2.90. The average molecular weight is 238 g/mol. The minimum Gasteiger partial charge on any atom is -0.338 e. The SMILES string of the molecule is Fc1ccc(-c2cnc(-c3ccccc3)[nH]2)cc1. The van der Waals surface area contributed by atoms with E-state index < -0.39 is 0 Å². The van der Waals surface area contributed by atoms with Crippen LogP contribution in [-0.2, 0) is 0 Å². The lowest BCUT2D eigenvalue weighted by atomic mass is 10.2. The van der Waals surface area contributed by atoms with Crippen LogP contribution in [0, 0.1) is 5.82 Å². The van der Waals surface area contributed by atoms with Crippen LogP contribution in [0.1, 0.15) is 0 Å². The normalized spacial score (nSPS) is 10.5. The maximum atomic E-state index is 12.8. The number of rotatable bonds is 2. The Labute approximate surface area is 104 Å². The zero-order chi connectivity index (χ0) is 12.4. The standard InChI is InChI=1S/C15H11FN2/c16-13-8-6-11(7-9-13)14-10-17-15(18-14)12-4-2-1-3-5-12/h1-10H,(H,17,18). The van der Waals surface area contributed by atoms with Crippen LogP contribution in [0.5, 0.6) is 0 Å². The molecule has 0 aliphatic heterocycles. The number of imidazole rings is 1. The van der Waals surface area contributed by atoms with Gasteiger partial charge in [0, 0.05) is 5.56 Å². The maximum absolute atomic E-state index is 12.8. The molecule has 18 heavy (non-hydrogen) atoms. The minimum absolute atomic E-state index is 0.235. The van der Waals surface area contributed by atoms with E-state index in [1.54, 1.807) is 18.3 Å². The van der Waals surface area contributed by atoms with E-state index in [1.165, 1.54) is 12.1 Å². The molecular formula is C15H11FN2. The highest BCUT2D eigenvalue weighted by Crippen LogP contribution is 2.21. The Kier molecular flexibility index (Phi) is 2.65. The Hall–Kier alpha value is -2.42. The molecule has 2 nitrogen and oxygen atoms in total. The molecule has 0 saturated carbocycles. The second-order valence-electron chi connectivity index (χ2n) is 4.02. The molecule has 2 aromatic carbocycles. The van der Waals surface area contributed by atoms with Crippen LogP contribution >= 0.6 is 0 Å². The van der Waals surface area contributed by atoms with Gasteiger partial charge in [0.2, 0.25) is 0 Å². The second kappa shape index (κ2) is 4.45. The molecule has 1 N–H and O–H groups in total. The van der Waals surface area contributed by atoms with Gasteiger partial charge in [0.25, 0.3) is 0 Å². The molecule has 0 radical (unpaired) electrons. The third kappa shape index (κ3) is 2.02. The molecule has 3 aromatic rings. The summed E-state index contributed by atoms with van der Waals surface area (Å²) in [6, 6.07) is 16.2. The zero-order valence-electron chi connectivity index (χ0n) is 9.60. The van der Waals surface area contributed by atoms with Crippen molar-refractivity contribution in [1.82, 2.24) is 9.97 Å². The van der Waals surface area contributed by atoms with Crippen LogP contribution < -0.4 is 0 Å². The van der Waals surface area contributed by atoms with Gasteiger partial charge >= 0.3 is 0 Å². The lowest BCUT2D eigenvalue weighted by Gasteiger charge is -1.97. The van der Waals surface area contributed by atoms with Crippen LogP contribution in [0.4, 0.5) is 4.39 Å². The monoisotopic (exact) mass is 238 g/mol. The largest absolute Gasteiger partial charge is 0.338 e. The van der Waals surface area contributed by atoms with E-state index in [0.29, 0.717) is 0 Å². The second-order valence-corrected chi connectivity index (χ2v) is 4.02. The summed E-state index contributed by atoms with van der Waals surface area (Å²) in [6.07, 6.45) is 1.76. The summed E-state index contributed by atoms with van der Waals surface area (Å²) >= 11 is 0. The van der Waals surface area contributed by atoms with Gasteiger partial charge in [-0.1, -0.05) is 30.3 Å². The molecule has 3 rings (SSSR count). The van der Waals surface area contributed by atoms with Crippen LogP contribution in [-0.4, -0.2) is 9.97 Å². The lowest BCUT2D eigenvalue weighted by molar-refractivity contribution is 0.628. The molecule has 0 amide bonds. The highest BCUT2D eigenvalue weighted by atomic mass is 19.1. The summed E-state index contributed by atoms with van der Waals surface area (Å²) < 4.78 is 12.8. The molecule has 88 valence electrons. The number of H-pyrrole nitrogens is 1. The van der Waals surface area contributed by atoms with Gasteiger partial charge in [-0.3, -0.25) is 0 Å². The van der Waals surface area contributed by atoms with E-state index in [-0.39, 0.29) is 5.82 Å². The van der Waals surface area contributed by atoms with Gasteiger partial charge in [-0.15, -0.1) is 0 Å². The highest BCUT2D eigenvalue weighted by molar-refractivity contribution is 5.64. The molecule has 1 heterocycles. The number of aromatic nitrogens is 2. The van der Waals surface area contributed by atoms with E-state index in [9.17, 15) is 4.39 Å². The summed E-state index contributed by atoms with van der Waals surface area (Å²) in [6.45, 7) is 0. The first-order valence-corrected chi connectivity index (χ1v) is 5.69. The van der Waals surface area contributed by atoms with Crippen molar-refractivity contribution in [2.24, 2.45) is 0 Å². The quantitative estimate of drug-likeness (QED) is 0.721. The van der Waals surface area contributed by atoms with Crippen LogP contribution in [0.15, 0.2) is 60.8 Å². The fraction of sp³-hybridized carbons (Fsp3) is 0. The highest BCUT2D eigenvalue weighted by Gasteiger charge is 2.04. The lowest BCUT2D eigenvalue weighted by Crippen LogP contribution is -1.81. The van der Waals surface area contributed by atoms with Gasteiger partial charge in [-0.05, 0) is 29.8 Å². The van der Waals surface area contributed by atoms with Gasteiger partial charge in [0.05, 0.1) is 11.9 Å². The maximum Gasteiger partial charge on any atom is 0.137 e. The summed E-state index contributed by atoms with van der Waals surface area (Å²) in [5.41, 5.74) is 2.84. The van der Waals surface area contributed by atoms with Gasteiger partial charge in [-0.25, -0.2) is 9.37 Å². The van der Waals surface area contributed by atoms with E-state index in [4.69, 9.17) is 0 Å². The number of nitrogens with zero attached hydrogens (tertiary/aromatic N) is 1. The molecular weight excluding hydrogens is 227 g/mol. The molecule has 0 unspecified atom stereocenters. The molecule has 0 spiro atoms. The van der Waals surface area contributed by atoms with Crippen molar-refractivity contribution in [2.75, 3.05) is 0 Å². The Morgan fingerprint density at radius 3 is 2.28 bits per heavy atom. The molecule has 0 atom stereocenters. The smallest absolute Gasteiger partial charge is 0.137 e. The Morgan fingerprint density at radius 2 is 1.56 bits per heavy atom. The first-order chi connectivity index (χ1) is 8.83. The van der Waals surface area contributed by atoms with Crippen molar-refractivity contribution in [3.8, 4) is 22.6 Å². The number of hydrogen-bond donors (Lipinski definition) is 1. The fourth-order valence-electron chi connectivity index (χ4n) is 1.84. The summed E-state index contributed by atoms with van der Waals surface area (Å²) in [7, 11) is 0. The molecule has 0 aliphatic carbocycles. The molecule has 0 saturated heterocycles. The predicted octanol–water partition coefficient (Wildman–Crippen LogP) is 3.88. The van der Waals surface area contributed by atoms with Crippen molar-refractivity contribution in [3.05, 3.63) is 66.6 Å². The number of aromatic amines is 1. The first kappa shape index (κ1) is 10.7. The minimum atomic E-state index is -0.235. The number of nitrogens with one attached hydrogen (secondary N) is 1. The molecule has 0 bridgehead atoms.